The minimum atomic E-state index is -1.03. The third kappa shape index (κ3) is 2.76. The highest BCUT2D eigenvalue weighted by Gasteiger charge is 2.35. The lowest BCUT2D eigenvalue weighted by atomic mass is 10.4. The van der Waals surface area contributed by atoms with E-state index in [0.29, 0.717) is 0 Å². The van der Waals surface area contributed by atoms with Crippen LogP contribution in [0.25, 0.3) is 0 Å². The first kappa shape index (κ1) is 12.3. The predicted octanol–water partition coefficient (Wildman–Crippen LogP) is 4.57. The topological polar surface area (TPSA) is 0 Å². The zero-order valence-electron chi connectivity index (χ0n) is 10.7. The van der Waals surface area contributed by atoms with Crippen molar-refractivity contribution in [2.75, 3.05) is 0 Å². The van der Waals surface area contributed by atoms with Crippen LogP contribution in [-0.2, 0) is 0 Å². The molecule has 1 atom stereocenters. The van der Waals surface area contributed by atoms with Crippen molar-refractivity contribution in [3.8, 4) is 0 Å². The molecule has 0 nitrogen and oxygen atoms in total. The van der Waals surface area contributed by atoms with Crippen molar-refractivity contribution in [3.63, 3.8) is 0 Å². The summed E-state index contributed by atoms with van der Waals surface area (Å²) in [5.74, 6) is 0. The fourth-order valence-corrected chi connectivity index (χ4v) is 13.4. The Kier molecular flexibility index (Phi) is 3.87. The largest absolute Gasteiger partial charge is 0.0851 e. The van der Waals surface area contributed by atoms with E-state index in [1.807, 2.05) is 0 Å². The molecule has 0 spiro atoms. The summed E-state index contributed by atoms with van der Waals surface area (Å²) in [5, 5.41) is 1.67. The molecule has 1 saturated carbocycles. The van der Waals surface area contributed by atoms with Gasteiger partial charge in [0.1, 0.15) is 0 Å². The summed E-state index contributed by atoms with van der Waals surface area (Å²) in [6.45, 7) is 7.68. The van der Waals surface area contributed by atoms with Gasteiger partial charge in [0.2, 0.25) is 0 Å². The van der Waals surface area contributed by atoms with Gasteiger partial charge in [0.15, 0.2) is 0 Å². The normalized spacial score (nSPS) is 19.9. The molecule has 1 aliphatic carbocycles. The molecular formula is C14H23PSi. The summed E-state index contributed by atoms with van der Waals surface area (Å²) in [6, 6.07) is 11.3. The summed E-state index contributed by atoms with van der Waals surface area (Å²) in [4.78, 5) is 0. The highest BCUT2D eigenvalue weighted by atomic mass is 31.4. The molecule has 0 N–H and O–H groups in total. The Balaban J connectivity index is 2.28. The third-order valence-corrected chi connectivity index (χ3v) is 13.2. The van der Waals surface area contributed by atoms with Crippen LogP contribution < -0.4 is 5.30 Å². The fourth-order valence-electron chi connectivity index (χ4n) is 2.90. The van der Waals surface area contributed by atoms with Gasteiger partial charge < -0.3 is 0 Å². The quantitative estimate of drug-likeness (QED) is 0.544. The maximum absolute atomic E-state index is 2.56. The Morgan fingerprint density at radius 1 is 1.00 bits per heavy atom. The molecule has 88 valence electrons. The molecule has 0 radical (unpaired) electrons. The fraction of sp³-hybridized carbons (Fsp3) is 0.571. The maximum Gasteiger partial charge on any atom is 0.0776 e. The molecule has 1 aromatic carbocycles. The van der Waals surface area contributed by atoms with Crippen molar-refractivity contribution in [3.05, 3.63) is 30.3 Å². The molecule has 2 rings (SSSR count). The van der Waals surface area contributed by atoms with Crippen molar-refractivity contribution in [2.24, 2.45) is 0 Å². The van der Waals surface area contributed by atoms with E-state index in [1.165, 1.54) is 25.7 Å². The first-order chi connectivity index (χ1) is 7.59. The standard InChI is InChI=1S/C14H23PSi/c1-16(2,3)15(14-11-7-8-12-14)13-9-5-4-6-10-13/h4-6,9-10,14H,7-8,11-12H2,1-3H3. The molecule has 1 fully saturated rings. The van der Waals surface area contributed by atoms with E-state index in [4.69, 9.17) is 0 Å². The lowest BCUT2D eigenvalue weighted by Crippen LogP contribution is -2.29. The van der Waals surface area contributed by atoms with Crippen LogP contribution in [0.3, 0.4) is 0 Å². The number of hydrogen-bond donors (Lipinski definition) is 0. The van der Waals surface area contributed by atoms with Gasteiger partial charge in [-0.15, -0.1) is 0 Å². The Hall–Kier alpha value is -0.133. The Morgan fingerprint density at radius 3 is 2.06 bits per heavy atom. The van der Waals surface area contributed by atoms with Gasteiger partial charge >= 0.3 is 0 Å². The lowest BCUT2D eigenvalue weighted by molar-refractivity contribution is 0.886. The van der Waals surface area contributed by atoms with Crippen LogP contribution in [-0.4, -0.2) is 13.4 Å². The van der Waals surface area contributed by atoms with Crippen molar-refractivity contribution >= 4 is 20.5 Å². The molecule has 0 bridgehead atoms. The molecule has 0 aliphatic heterocycles. The van der Waals surface area contributed by atoms with E-state index in [9.17, 15) is 0 Å². The van der Waals surface area contributed by atoms with Crippen LogP contribution in [0.5, 0.6) is 0 Å². The molecule has 1 aliphatic rings. The summed E-state index contributed by atoms with van der Waals surface area (Å²) >= 11 is 0. The summed E-state index contributed by atoms with van der Waals surface area (Å²) in [7, 11) is -0.887. The monoisotopic (exact) mass is 250 g/mol. The van der Waals surface area contributed by atoms with Crippen LogP contribution in [0.15, 0.2) is 30.3 Å². The Bertz CT molecular complexity index is 322. The summed E-state index contributed by atoms with van der Waals surface area (Å²) in [5.41, 5.74) is 1.03. The van der Waals surface area contributed by atoms with Gasteiger partial charge in [0, 0.05) is 0 Å². The van der Waals surface area contributed by atoms with Gasteiger partial charge in [0.25, 0.3) is 0 Å². The van der Waals surface area contributed by atoms with Gasteiger partial charge in [-0.3, -0.25) is 0 Å². The minimum Gasteiger partial charge on any atom is -0.0851 e. The van der Waals surface area contributed by atoms with E-state index in [2.05, 4.69) is 50.0 Å². The summed E-state index contributed by atoms with van der Waals surface area (Å²) in [6.07, 6.45) is 5.93. The van der Waals surface area contributed by atoms with E-state index < -0.39 is 7.74 Å². The van der Waals surface area contributed by atoms with E-state index in [0.717, 1.165) is 5.66 Å². The van der Waals surface area contributed by atoms with Crippen LogP contribution in [0.2, 0.25) is 19.6 Å². The number of rotatable bonds is 3. The van der Waals surface area contributed by atoms with Crippen molar-refractivity contribution in [2.45, 2.75) is 51.0 Å². The van der Waals surface area contributed by atoms with E-state index >= 15 is 0 Å². The third-order valence-electron chi connectivity index (χ3n) is 3.45. The average molecular weight is 250 g/mol. The number of hydrogen-bond acceptors (Lipinski definition) is 0. The second-order valence-electron chi connectivity index (χ2n) is 5.81. The predicted molar refractivity (Wildman–Crippen MR) is 78.6 cm³/mol. The van der Waals surface area contributed by atoms with Gasteiger partial charge in [-0.2, -0.15) is 0 Å². The van der Waals surface area contributed by atoms with Crippen LogP contribution in [0.4, 0.5) is 0 Å². The SMILES string of the molecule is C[Si](C)(C)P(c1ccccc1)C1CCCC1. The van der Waals surface area contributed by atoms with Gasteiger partial charge in [-0.05, 0) is 23.8 Å². The molecule has 1 aromatic rings. The lowest BCUT2D eigenvalue weighted by Gasteiger charge is -2.35. The maximum atomic E-state index is 2.56. The zero-order chi connectivity index (χ0) is 11.6. The Labute approximate surface area is 102 Å². The first-order valence-electron chi connectivity index (χ1n) is 6.43. The Morgan fingerprint density at radius 2 is 1.56 bits per heavy atom. The molecule has 2 heteroatoms. The van der Waals surface area contributed by atoms with Crippen molar-refractivity contribution in [1.82, 2.24) is 0 Å². The second kappa shape index (κ2) is 5.02. The van der Waals surface area contributed by atoms with E-state index in [1.54, 1.807) is 5.30 Å². The first-order valence-corrected chi connectivity index (χ1v) is 12.2. The van der Waals surface area contributed by atoms with Crippen molar-refractivity contribution in [1.29, 1.82) is 0 Å². The van der Waals surface area contributed by atoms with Crippen LogP contribution in [0, 0.1) is 0 Å². The van der Waals surface area contributed by atoms with Crippen LogP contribution >= 0.6 is 7.47 Å². The molecule has 16 heavy (non-hydrogen) atoms. The zero-order valence-corrected chi connectivity index (χ0v) is 12.6. The number of benzene rings is 1. The minimum absolute atomic E-state index is 0.141. The van der Waals surface area contributed by atoms with Gasteiger partial charge in [-0.1, -0.05) is 70.3 Å². The highest BCUT2D eigenvalue weighted by Crippen LogP contribution is 2.54. The smallest absolute Gasteiger partial charge is 0.0776 e. The van der Waals surface area contributed by atoms with Gasteiger partial charge in [-0.25, -0.2) is 0 Å². The highest BCUT2D eigenvalue weighted by molar-refractivity contribution is 8.00. The summed E-state index contributed by atoms with van der Waals surface area (Å²) < 4.78 is 0. The molecule has 1 unspecified atom stereocenters. The average Bonchev–Trinajstić information content (AvgIpc) is 2.71. The molecule has 0 amide bonds. The van der Waals surface area contributed by atoms with Crippen molar-refractivity contribution < 1.29 is 0 Å². The van der Waals surface area contributed by atoms with E-state index in [-0.39, 0.29) is 7.47 Å². The van der Waals surface area contributed by atoms with Crippen LogP contribution in [0.1, 0.15) is 25.7 Å². The molecular weight excluding hydrogens is 227 g/mol. The molecule has 0 heterocycles. The molecule has 0 saturated heterocycles. The van der Waals surface area contributed by atoms with Gasteiger partial charge in [0.05, 0.1) is 7.74 Å². The molecule has 0 aromatic heterocycles. The second-order valence-corrected chi connectivity index (χ2v) is 17.6.